The molecule has 36 heavy (non-hydrogen) atoms. The molecule has 6 heteroatoms. The van der Waals surface area contributed by atoms with Crippen molar-refractivity contribution < 1.29 is 27.3 Å². The highest BCUT2D eigenvalue weighted by Gasteiger charge is 2.43. The quantitative estimate of drug-likeness (QED) is 0.315. The third kappa shape index (κ3) is 7.02. The molecule has 2 fully saturated rings. The van der Waals surface area contributed by atoms with Crippen LogP contribution < -0.4 is 4.74 Å². The lowest BCUT2D eigenvalue weighted by atomic mass is 9.73. The molecule has 0 spiro atoms. The zero-order valence-electron chi connectivity index (χ0n) is 21.5. The SMILES string of the molecule is CCCOC1CCC(C(F)(F)CC2CCC(c3ccc(-c4ccc(OC)c(F)c4)cc3)CC2)CC1.F. The summed E-state index contributed by atoms with van der Waals surface area (Å²) in [5, 5.41) is 0. The number of ether oxygens (including phenoxy) is 2. The fraction of sp³-hybridized carbons (Fsp3) is 0.600. The topological polar surface area (TPSA) is 18.5 Å². The van der Waals surface area contributed by atoms with Crippen LogP contribution in [0.15, 0.2) is 42.5 Å². The first-order chi connectivity index (χ1) is 16.9. The van der Waals surface area contributed by atoms with E-state index in [1.165, 1.54) is 18.7 Å². The van der Waals surface area contributed by atoms with E-state index in [-0.39, 0.29) is 34.7 Å². The van der Waals surface area contributed by atoms with Gasteiger partial charge < -0.3 is 9.47 Å². The molecule has 0 atom stereocenters. The van der Waals surface area contributed by atoms with Crippen molar-refractivity contribution in [2.24, 2.45) is 11.8 Å². The number of benzene rings is 2. The second-order valence-corrected chi connectivity index (χ2v) is 10.5. The summed E-state index contributed by atoms with van der Waals surface area (Å²) < 4.78 is 55.0. The standard InChI is InChI=1S/C30H39F3O2.FH/c1-3-18-35-27-15-13-26(14-16-27)30(32,33)20-21-4-6-22(7-5-21)23-8-10-24(11-9-23)25-12-17-29(34-2)28(31)19-25;/h8-12,17,19,21-22,26-27H,3-7,13-16,18,20H2,1-2H3;1H. The second-order valence-electron chi connectivity index (χ2n) is 10.5. The third-order valence-electron chi connectivity index (χ3n) is 8.10. The molecule has 2 aliphatic rings. The molecular weight excluding hydrogens is 468 g/mol. The zero-order valence-corrected chi connectivity index (χ0v) is 21.5. The van der Waals surface area contributed by atoms with Gasteiger partial charge in [-0.1, -0.05) is 37.3 Å². The lowest BCUT2D eigenvalue weighted by Gasteiger charge is -2.37. The summed E-state index contributed by atoms with van der Waals surface area (Å²) in [6, 6.07) is 13.2. The van der Waals surface area contributed by atoms with Crippen molar-refractivity contribution in [3.63, 3.8) is 0 Å². The Bertz CT molecular complexity index is 930. The van der Waals surface area contributed by atoms with E-state index in [4.69, 9.17) is 9.47 Å². The molecule has 0 amide bonds. The van der Waals surface area contributed by atoms with Crippen molar-refractivity contribution in [1.82, 2.24) is 0 Å². The third-order valence-corrected chi connectivity index (χ3v) is 8.10. The van der Waals surface area contributed by atoms with Crippen LogP contribution in [0.5, 0.6) is 5.75 Å². The van der Waals surface area contributed by atoms with Crippen LogP contribution >= 0.6 is 0 Å². The summed E-state index contributed by atoms with van der Waals surface area (Å²) in [6.45, 7) is 2.81. The van der Waals surface area contributed by atoms with Crippen LogP contribution in [0.1, 0.15) is 82.6 Å². The molecule has 0 aliphatic heterocycles. The van der Waals surface area contributed by atoms with Crippen molar-refractivity contribution >= 4 is 0 Å². The molecule has 2 aliphatic carbocycles. The molecule has 2 nitrogen and oxygen atoms in total. The summed E-state index contributed by atoms with van der Waals surface area (Å²) in [6.07, 6.45) is 7.52. The molecule has 0 bridgehead atoms. The van der Waals surface area contributed by atoms with Gasteiger partial charge in [0.15, 0.2) is 11.6 Å². The molecule has 0 radical (unpaired) electrons. The summed E-state index contributed by atoms with van der Waals surface area (Å²) in [5.74, 6) is -2.67. The van der Waals surface area contributed by atoms with Crippen molar-refractivity contribution in [3.8, 4) is 16.9 Å². The lowest BCUT2D eigenvalue weighted by molar-refractivity contribution is -0.105. The van der Waals surface area contributed by atoms with Crippen molar-refractivity contribution in [2.45, 2.75) is 89.1 Å². The van der Waals surface area contributed by atoms with E-state index in [0.717, 1.165) is 62.7 Å². The minimum atomic E-state index is -2.57. The first-order valence-corrected chi connectivity index (χ1v) is 13.3. The normalized spacial score (nSPS) is 24.7. The van der Waals surface area contributed by atoms with Gasteiger partial charge >= 0.3 is 0 Å². The fourth-order valence-corrected chi connectivity index (χ4v) is 5.98. The number of halogens is 4. The highest BCUT2D eigenvalue weighted by molar-refractivity contribution is 5.64. The molecule has 2 saturated carbocycles. The molecule has 2 aromatic rings. The van der Waals surface area contributed by atoms with Crippen LogP contribution in [0, 0.1) is 17.7 Å². The Balaban J connectivity index is 0.00000361. The fourth-order valence-electron chi connectivity index (χ4n) is 5.98. The van der Waals surface area contributed by atoms with Gasteiger partial charge in [0.05, 0.1) is 13.2 Å². The summed E-state index contributed by atoms with van der Waals surface area (Å²) in [4.78, 5) is 0. The molecule has 4 rings (SSSR count). The van der Waals surface area contributed by atoms with Gasteiger partial charge in [0, 0.05) is 18.9 Å². The number of hydrogen-bond donors (Lipinski definition) is 0. The summed E-state index contributed by atoms with van der Waals surface area (Å²) >= 11 is 0. The van der Waals surface area contributed by atoms with Gasteiger partial charge in [0.1, 0.15) is 0 Å². The van der Waals surface area contributed by atoms with Gasteiger partial charge in [-0.2, -0.15) is 0 Å². The van der Waals surface area contributed by atoms with E-state index in [1.54, 1.807) is 6.07 Å². The van der Waals surface area contributed by atoms with Gasteiger partial charge in [-0.15, -0.1) is 0 Å². The average molecular weight is 509 g/mol. The predicted octanol–water partition coefficient (Wildman–Crippen LogP) is 8.94. The number of methoxy groups -OCH3 is 1. The number of hydrogen-bond acceptors (Lipinski definition) is 2. The summed E-state index contributed by atoms with van der Waals surface area (Å²) in [7, 11) is 1.46. The highest BCUT2D eigenvalue weighted by Crippen LogP contribution is 2.45. The molecule has 200 valence electrons. The molecule has 0 N–H and O–H groups in total. The van der Waals surface area contributed by atoms with Crippen LogP contribution in [0.25, 0.3) is 11.1 Å². The van der Waals surface area contributed by atoms with E-state index in [0.29, 0.717) is 18.8 Å². The predicted molar refractivity (Wildman–Crippen MR) is 137 cm³/mol. The van der Waals surface area contributed by atoms with Gasteiger partial charge in [0.2, 0.25) is 0 Å². The lowest BCUT2D eigenvalue weighted by Crippen LogP contribution is -2.36. The Hall–Kier alpha value is -2.08. The maximum atomic E-state index is 15.1. The van der Waals surface area contributed by atoms with E-state index >= 15 is 8.78 Å². The summed E-state index contributed by atoms with van der Waals surface area (Å²) in [5.41, 5.74) is 3.02. The molecule has 0 aromatic heterocycles. The second kappa shape index (κ2) is 12.9. The van der Waals surface area contributed by atoms with Crippen molar-refractivity contribution in [1.29, 1.82) is 0 Å². The molecule has 0 unspecified atom stereocenters. The van der Waals surface area contributed by atoms with Crippen LogP contribution in [0.3, 0.4) is 0 Å². The Morgan fingerprint density at radius 2 is 1.50 bits per heavy atom. The first kappa shape index (κ1) is 28.5. The first-order valence-electron chi connectivity index (χ1n) is 13.3. The van der Waals surface area contributed by atoms with Crippen LogP contribution in [0.4, 0.5) is 17.9 Å². The molecule has 0 heterocycles. The minimum absolute atomic E-state index is 0. The van der Waals surface area contributed by atoms with Crippen LogP contribution in [-0.2, 0) is 4.74 Å². The minimum Gasteiger partial charge on any atom is -0.494 e. The van der Waals surface area contributed by atoms with E-state index in [2.05, 4.69) is 19.1 Å². The zero-order chi connectivity index (χ0) is 24.8. The Labute approximate surface area is 212 Å². The Morgan fingerprint density at radius 3 is 2.08 bits per heavy atom. The van der Waals surface area contributed by atoms with E-state index in [9.17, 15) is 4.39 Å². The van der Waals surface area contributed by atoms with Crippen molar-refractivity contribution in [3.05, 3.63) is 53.8 Å². The molecule has 0 saturated heterocycles. The van der Waals surface area contributed by atoms with Gasteiger partial charge in [0.25, 0.3) is 5.92 Å². The highest BCUT2D eigenvalue weighted by atomic mass is 19.3. The number of rotatable bonds is 9. The van der Waals surface area contributed by atoms with Crippen molar-refractivity contribution in [2.75, 3.05) is 13.7 Å². The van der Waals surface area contributed by atoms with E-state index < -0.39 is 11.8 Å². The maximum absolute atomic E-state index is 15.1. The number of alkyl halides is 2. The smallest absolute Gasteiger partial charge is 0.251 e. The maximum Gasteiger partial charge on any atom is 0.251 e. The Morgan fingerprint density at radius 1 is 0.861 bits per heavy atom. The van der Waals surface area contributed by atoms with Gasteiger partial charge in [-0.25, -0.2) is 13.2 Å². The monoisotopic (exact) mass is 508 g/mol. The van der Waals surface area contributed by atoms with Gasteiger partial charge in [-0.3, -0.25) is 4.70 Å². The average Bonchev–Trinajstić information content (AvgIpc) is 2.88. The Kier molecular flexibility index (Phi) is 10.2. The van der Waals surface area contributed by atoms with Crippen LogP contribution in [-0.4, -0.2) is 25.7 Å². The van der Waals surface area contributed by atoms with Crippen LogP contribution in [0.2, 0.25) is 0 Å². The molecule has 2 aromatic carbocycles. The van der Waals surface area contributed by atoms with E-state index in [1.807, 2.05) is 18.2 Å². The van der Waals surface area contributed by atoms with Gasteiger partial charge in [-0.05, 0) is 98.4 Å². The largest absolute Gasteiger partial charge is 0.494 e. The molecular formula is C30H40F4O2.